The molecule has 1 aliphatic heterocycles. The fourth-order valence-corrected chi connectivity index (χ4v) is 3.45. The van der Waals surface area contributed by atoms with Gasteiger partial charge in [-0.2, -0.15) is 0 Å². The summed E-state index contributed by atoms with van der Waals surface area (Å²) in [6.45, 7) is 7.28. The Balaban J connectivity index is 0.00000272. The van der Waals surface area contributed by atoms with Gasteiger partial charge in [0.05, 0.1) is 6.26 Å². The second-order valence-corrected chi connectivity index (χ2v) is 7.38. The summed E-state index contributed by atoms with van der Waals surface area (Å²) in [6, 6.07) is 8.24. The number of guanidine groups is 1. The maximum atomic E-state index is 5.33. The maximum Gasteiger partial charge on any atom is 0.216 e. The van der Waals surface area contributed by atoms with Crippen molar-refractivity contribution in [3.8, 4) is 11.6 Å². The van der Waals surface area contributed by atoms with E-state index in [0.29, 0.717) is 30.0 Å². The minimum atomic E-state index is 0. The standard InChI is InChI=1S/C21H28N8O.HI/c1-3-22-21(24-14-18-26-20(28-27-18)17-5-4-12-30-17)25-16-8-10-29(11-9-16)19-7-6-15(2)13-23-19;/h4-7,12-13,16H,3,8-11,14H2,1-2H3,(H2,22,24,25)(H,26,27,28);1H. The van der Waals surface area contributed by atoms with Crippen molar-refractivity contribution < 1.29 is 4.42 Å². The van der Waals surface area contributed by atoms with Crippen molar-refractivity contribution in [2.45, 2.75) is 39.3 Å². The molecule has 0 aromatic carbocycles. The molecule has 0 aliphatic carbocycles. The zero-order valence-electron chi connectivity index (χ0n) is 17.8. The molecule has 0 atom stereocenters. The summed E-state index contributed by atoms with van der Waals surface area (Å²) in [5.41, 5.74) is 1.19. The van der Waals surface area contributed by atoms with Crippen molar-refractivity contribution in [1.82, 2.24) is 30.8 Å². The maximum absolute atomic E-state index is 5.33. The van der Waals surface area contributed by atoms with E-state index >= 15 is 0 Å². The van der Waals surface area contributed by atoms with Crippen LogP contribution >= 0.6 is 24.0 Å². The topological polar surface area (TPSA) is 107 Å². The lowest BCUT2D eigenvalue weighted by Gasteiger charge is -2.33. The number of pyridine rings is 1. The van der Waals surface area contributed by atoms with Gasteiger partial charge in [0.25, 0.3) is 0 Å². The van der Waals surface area contributed by atoms with Crippen molar-refractivity contribution in [1.29, 1.82) is 0 Å². The molecule has 9 nitrogen and oxygen atoms in total. The highest BCUT2D eigenvalue weighted by Crippen LogP contribution is 2.18. The van der Waals surface area contributed by atoms with Gasteiger partial charge in [0.2, 0.25) is 5.82 Å². The smallest absolute Gasteiger partial charge is 0.216 e. The highest BCUT2D eigenvalue weighted by molar-refractivity contribution is 14.0. The number of hydrogen-bond acceptors (Lipinski definition) is 6. The number of anilines is 1. The van der Waals surface area contributed by atoms with E-state index in [1.54, 1.807) is 6.26 Å². The molecule has 1 saturated heterocycles. The third-order valence-corrected chi connectivity index (χ3v) is 5.06. The first-order valence-electron chi connectivity index (χ1n) is 10.4. The number of furan rings is 1. The number of H-pyrrole nitrogens is 1. The number of aromatic amines is 1. The van der Waals surface area contributed by atoms with Gasteiger partial charge in [-0.25, -0.2) is 15.0 Å². The molecule has 4 heterocycles. The summed E-state index contributed by atoms with van der Waals surface area (Å²) < 4.78 is 5.33. The van der Waals surface area contributed by atoms with Crippen LogP contribution in [0.15, 0.2) is 46.1 Å². The molecule has 0 bridgehead atoms. The van der Waals surface area contributed by atoms with Crippen LogP contribution in [0.3, 0.4) is 0 Å². The molecular formula is C21H29IN8O. The van der Waals surface area contributed by atoms with Crippen LogP contribution in [-0.4, -0.2) is 51.8 Å². The van der Waals surface area contributed by atoms with Crippen LogP contribution in [0.2, 0.25) is 0 Å². The summed E-state index contributed by atoms with van der Waals surface area (Å²) >= 11 is 0. The Labute approximate surface area is 199 Å². The summed E-state index contributed by atoms with van der Waals surface area (Å²) in [7, 11) is 0. The number of aliphatic imine (C=N–C) groups is 1. The van der Waals surface area contributed by atoms with Crippen molar-refractivity contribution >= 4 is 35.8 Å². The van der Waals surface area contributed by atoms with E-state index in [4.69, 9.17) is 4.42 Å². The number of piperidine rings is 1. The molecule has 0 spiro atoms. The molecule has 4 rings (SSSR count). The Hall–Kier alpha value is -2.63. The normalized spacial score (nSPS) is 14.9. The molecule has 166 valence electrons. The lowest BCUT2D eigenvalue weighted by molar-refractivity contribution is 0.459. The Bertz CT molecular complexity index is 946. The molecule has 0 saturated carbocycles. The summed E-state index contributed by atoms with van der Waals surface area (Å²) in [4.78, 5) is 16.0. The first-order chi connectivity index (χ1) is 14.7. The van der Waals surface area contributed by atoms with Gasteiger partial charge in [-0.05, 0) is 50.5 Å². The van der Waals surface area contributed by atoms with E-state index in [0.717, 1.165) is 44.3 Å². The van der Waals surface area contributed by atoms with Crippen LogP contribution < -0.4 is 15.5 Å². The van der Waals surface area contributed by atoms with Crippen molar-refractivity contribution in [3.05, 3.63) is 48.1 Å². The average molecular weight is 536 g/mol. The van der Waals surface area contributed by atoms with Gasteiger partial charge in [-0.1, -0.05) is 6.07 Å². The van der Waals surface area contributed by atoms with E-state index in [2.05, 4.69) is 66.7 Å². The van der Waals surface area contributed by atoms with Gasteiger partial charge in [0.15, 0.2) is 11.7 Å². The molecule has 3 N–H and O–H groups in total. The second kappa shape index (κ2) is 11.1. The van der Waals surface area contributed by atoms with Crippen molar-refractivity contribution in [3.63, 3.8) is 0 Å². The molecule has 3 aromatic heterocycles. The number of aromatic nitrogens is 4. The lowest BCUT2D eigenvalue weighted by Crippen LogP contribution is -2.48. The molecule has 10 heteroatoms. The van der Waals surface area contributed by atoms with Gasteiger partial charge < -0.3 is 20.0 Å². The number of hydrogen-bond donors (Lipinski definition) is 3. The molecule has 1 fully saturated rings. The fourth-order valence-electron chi connectivity index (χ4n) is 3.45. The first-order valence-corrected chi connectivity index (χ1v) is 10.4. The molecule has 0 radical (unpaired) electrons. The Kier molecular flexibility index (Phi) is 8.27. The van der Waals surface area contributed by atoms with Crippen LogP contribution in [0.1, 0.15) is 31.2 Å². The average Bonchev–Trinajstić information content (AvgIpc) is 3.45. The van der Waals surface area contributed by atoms with Crippen LogP contribution in [0.4, 0.5) is 5.82 Å². The molecule has 3 aromatic rings. The van der Waals surface area contributed by atoms with Crippen LogP contribution in [0.5, 0.6) is 0 Å². The van der Waals surface area contributed by atoms with E-state index in [1.165, 1.54) is 5.56 Å². The SMILES string of the molecule is CCNC(=NCc1nc(-c2ccco2)n[nH]1)NC1CCN(c2ccc(C)cn2)CC1.I. The van der Waals surface area contributed by atoms with E-state index in [1.807, 2.05) is 18.3 Å². The highest BCUT2D eigenvalue weighted by Gasteiger charge is 2.21. The molecule has 1 aliphatic rings. The van der Waals surface area contributed by atoms with Crippen molar-refractivity contribution in [2.24, 2.45) is 4.99 Å². The zero-order valence-corrected chi connectivity index (χ0v) is 20.2. The lowest BCUT2D eigenvalue weighted by atomic mass is 10.1. The number of nitrogens with zero attached hydrogens (tertiary/aromatic N) is 5. The minimum absolute atomic E-state index is 0. The van der Waals surface area contributed by atoms with Crippen LogP contribution in [-0.2, 0) is 6.54 Å². The highest BCUT2D eigenvalue weighted by atomic mass is 127. The van der Waals surface area contributed by atoms with E-state index < -0.39 is 0 Å². The fraction of sp³-hybridized carbons (Fsp3) is 0.429. The van der Waals surface area contributed by atoms with Gasteiger partial charge in [-0.3, -0.25) is 5.10 Å². The third kappa shape index (κ3) is 6.18. The number of aryl methyl sites for hydroxylation is 1. The Morgan fingerprint density at radius 1 is 1.29 bits per heavy atom. The van der Waals surface area contributed by atoms with Crippen molar-refractivity contribution in [2.75, 3.05) is 24.5 Å². The predicted molar refractivity (Wildman–Crippen MR) is 132 cm³/mol. The molecular weight excluding hydrogens is 507 g/mol. The molecule has 31 heavy (non-hydrogen) atoms. The Morgan fingerprint density at radius 2 is 2.13 bits per heavy atom. The first kappa shape index (κ1) is 23.0. The summed E-state index contributed by atoms with van der Waals surface area (Å²) in [6.07, 6.45) is 5.60. The third-order valence-electron chi connectivity index (χ3n) is 5.06. The molecule has 0 unspecified atom stereocenters. The number of halogens is 1. The number of rotatable bonds is 6. The largest absolute Gasteiger partial charge is 0.461 e. The van der Waals surface area contributed by atoms with Gasteiger partial charge in [-0.15, -0.1) is 29.1 Å². The van der Waals surface area contributed by atoms with E-state index in [9.17, 15) is 0 Å². The minimum Gasteiger partial charge on any atom is -0.461 e. The summed E-state index contributed by atoms with van der Waals surface area (Å²) in [5.74, 6) is 3.72. The van der Waals surface area contributed by atoms with E-state index in [-0.39, 0.29) is 24.0 Å². The number of nitrogens with one attached hydrogen (secondary N) is 3. The van der Waals surface area contributed by atoms with Gasteiger partial charge in [0.1, 0.15) is 18.2 Å². The quantitative estimate of drug-likeness (QED) is 0.253. The zero-order chi connectivity index (χ0) is 20.8. The van der Waals surface area contributed by atoms with Gasteiger partial charge in [0, 0.05) is 31.9 Å². The monoisotopic (exact) mass is 536 g/mol. The predicted octanol–water partition coefficient (Wildman–Crippen LogP) is 3.11. The molecule has 0 amide bonds. The van der Waals surface area contributed by atoms with Crippen LogP contribution in [0, 0.1) is 6.92 Å². The Morgan fingerprint density at radius 3 is 2.81 bits per heavy atom. The summed E-state index contributed by atoms with van der Waals surface area (Å²) in [5, 5.41) is 14.0. The second-order valence-electron chi connectivity index (χ2n) is 7.38. The van der Waals surface area contributed by atoms with Gasteiger partial charge >= 0.3 is 0 Å². The van der Waals surface area contributed by atoms with Crippen LogP contribution in [0.25, 0.3) is 11.6 Å².